The van der Waals surface area contributed by atoms with Crippen molar-refractivity contribution in [1.82, 2.24) is 0 Å². The van der Waals surface area contributed by atoms with Crippen LogP contribution in [0.1, 0.15) is 6.42 Å². The second kappa shape index (κ2) is 3.61. The average Bonchev–Trinajstić information content (AvgIpc) is 1.68. The molecule has 0 bridgehead atoms. The van der Waals surface area contributed by atoms with E-state index in [0.717, 1.165) is 0 Å². The molecule has 7 heavy (non-hydrogen) atoms. The lowest BCUT2D eigenvalue weighted by atomic mass is 10.4. The zero-order valence-corrected chi connectivity index (χ0v) is 6.31. The van der Waals surface area contributed by atoms with Crippen molar-refractivity contribution < 1.29 is 9.22 Å². The quantitative estimate of drug-likeness (QED) is 0.355. The molecule has 40 valence electrons. The van der Waals surface area contributed by atoms with E-state index in [1.807, 2.05) is 0 Å². The van der Waals surface area contributed by atoms with Crippen molar-refractivity contribution in [2.45, 2.75) is 6.42 Å². The van der Waals surface area contributed by atoms with Crippen molar-refractivity contribution in [2.24, 2.45) is 0 Å². The van der Waals surface area contributed by atoms with Gasteiger partial charge in [-0.2, -0.15) is 0 Å². The zero-order chi connectivity index (χ0) is 5.70. The number of carbonyl (C=O) groups is 1. The molecule has 3 heteroatoms. The first-order chi connectivity index (χ1) is 3.31. The van der Waals surface area contributed by atoms with Crippen LogP contribution in [0.3, 0.4) is 0 Å². The van der Waals surface area contributed by atoms with E-state index in [9.17, 15) is 4.79 Å². The van der Waals surface area contributed by atoms with E-state index in [2.05, 4.69) is 11.0 Å². The molecule has 0 N–H and O–H groups in total. The predicted octanol–water partition coefficient (Wildman–Crippen LogP) is -0.614. The van der Waals surface area contributed by atoms with Crippen LogP contribution in [0, 0.1) is 0 Å². The fourth-order valence-electron chi connectivity index (χ4n) is 0.201. The summed E-state index contributed by atoms with van der Waals surface area (Å²) in [6.45, 7) is 3.36. The van der Waals surface area contributed by atoms with Crippen LogP contribution in [0.2, 0.25) is 0 Å². The highest BCUT2D eigenvalue weighted by Gasteiger charge is 1.89. The van der Waals surface area contributed by atoms with Gasteiger partial charge >= 0.3 is 0 Å². The molecule has 0 aromatic heterocycles. The third kappa shape index (κ3) is 3.25. The fraction of sp³-hybridized carbons (Fsp3) is 0.250. The Bertz CT molecular complexity index is 79.8. The molecule has 0 aromatic carbocycles. The summed E-state index contributed by atoms with van der Waals surface area (Å²) in [4.78, 5) is 10.2. The molecule has 0 aliphatic rings. The Balaban J connectivity index is 3.17. The SMILES string of the molecule is C=CCC(=O)O[SiH3]. The summed E-state index contributed by atoms with van der Waals surface area (Å²) >= 11 is 0. The molecule has 0 saturated heterocycles. The third-order valence-corrected chi connectivity index (χ3v) is 0.994. The first-order valence-corrected chi connectivity index (χ1v) is 2.80. The van der Waals surface area contributed by atoms with Crippen molar-refractivity contribution in [2.75, 3.05) is 0 Å². The molecule has 0 fully saturated rings. The monoisotopic (exact) mass is 116 g/mol. The molecule has 0 atom stereocenters. The molecule has 0 aliphatic heterocycles. The summed E-state index contributed by atoms with van der Waals surface area (Å²) in [7, 11) is 0.490. The van der Waals surface area contributed by atoms with E-state index in [4.69, 9.17) is 0 Å². The fourth-order valence-corrected chi connectivity index (χ4v) is 0.368. The lowest BCUT2D eigenvalue weighted by Gasteiger charge is -1.89. The van der Waals surface area contributed by atoms with Gasteiger partial charge in [0.05, 0.1) is 6.42 Å². The van der Waals surface area contributed by atoms with Crippen LogP contribution in [-0.4, -0.2) is 16.5 Å². The molecular weight excluding hydrogens is 108 g/mol. The van der Waals surface area contributed by atoms with Crippen LogP contribution in [0.15, 0.2) is 12.7 Å². The van der Waals surface area contributed by atoms with Gasteiger partial charge in [0, 0.05) is 0 Å². The molecule has 0 spiro atoms. The van der Waals surface area contributed by atoms with Crippen LogP contribution in [0.4, 0.5) is 0 Å². The Morgan fingerprint density at radius 3 is 2.71 bits per heavy atom. The lowest BCUT2D eigenvalue weighted by Crippen LogP contribution is -1.97. The zero-order valence-electron chi connectivity index (χ0n) is 4.31. The molecule has 0 rings (SSSR count). The number of hydrogen-bond donors (Lipinski definition) is 0. The predicted molar refractivity (Wildman–Crippen MR) is 30.8 cm³/mol. The first-order valence-electron chi connectivity index (χ1n) is 1.99. The van der Waals surface area contributed by atoms with E-state index in [1.165, 1.54) is 6.08 Å². The van der Waals surface area contributed by atoms with Crippen molar-refractivity contribution in [3.05, 3.63) is 12.7 Å². The topological polar surface area (TPSA) is 26.3 Å². The summed E-state index contributed by atoms with van der Waals surface area (Å²) in [6.07, 6.45) is 1.86. The van der Waals surface area contributed by atoms with Gasteiger partial charge in [0.25, 0.3) is 5.97 Å². The number of hydrogen-bond acceptors (Lipinski definition) is 2. The van der Waals surface area contributed by atoms with Crippen molar-refractivity contribution in [3.63, 3.8) is 0 Å². The first kappa shape index (κ1) is 6.43. The maximum absolute atomic E-state index is 10.2. The highest BCUT2D eigenvalue weighted by atomic mass is 28.2. The second-order valence-electron chi connectivity index (χ2n) is 1.07. The van der Waals surface area contributed by atoms with Crippen molar-refractivity contribution >= 4 is 16.5 Å². The molecule has 0 aliphatic carbocycles. The van der Waals surface area contributed by atoms with Crippen LogP contribution in [0.5, 0.6) is 0 Å². The summed E-state index contributed by atoms with van der Waals surface area (Å²) < 4.78 is 4.42. The lowest BCUT2D eigenvalue weighted by molar-refractivity contribution is -0.133. The van der Waals surface area contributed by atoms with E-state index < -0.39 is 0 Å². The van der Waals surface area contributed by atoms with E-state index >= 15 is 0 Å². The molecule has 0 unspecified atom stereocenters. The maximum atomic E-state index is 10.2. The molecule has 0 aromatic rings. The molecule has 0 heterocycles. The van der Waals surface area contributed by atoms with Gasteiger partial charge in [-0.1, -0.05) is 6.08 Å². The van der Waals surface area contributed by atoms with Crippen LogP contribution in [-0.2, 0) is 9.22 Å². The molecule has 0 amide bonds. The summed E-state index contributed by atoms with van der Waals surface area (Å²) in [5, 5.41) is 0. The van der Waals surface area contributed by atoms with Gasteiger partial charge in [-0.15, -0.1) is 6.58 Å². The van der Waals surface area contributed by atoms with E-state index in [1.54, 1.807) is 0 Å². The van der Waals surface area contributed by atoms with Gasteiger partial charge in [-0.05, 0) is 0 Å². The van der Waals surface area contributed by atoms with E-state index in [-0.39, 0.29) is 5.97 Å². The molecule has 0 radical (unpaired) electrons. The summed E-state index contributed by atoms with van der Waals surface area (Å²) in [5.41, 5.74) is 0. The van der Waals surface area contributed by atoms with Crippen LogP contribution >= 0.6 is 0 Å². The van der Waals surface area contributed by atoms with Crippen molar-refractivity contribution in [3.8, 4) is 0 Å². The normalized spacial score (nSPS) is 8.00. The molecule has 2 nitrogen and oxygen atoms in total. The largest absolute Gasteiger partial charge is 0.529 e. The Morgan fingerprint density at radius 2 is 2.57 bits per heavy atom. The van der Waals surface area contributed by atoms with E-state index in [0.29, 0.717) is 16.9 Å². The minimum atomic E-state index is -0.179. The van der Waals surface area contributed by atoms with Gasteiger partial charge in [0.1, 0.15) is 0 Å². The van der Waals surface area contributed by atoms with Gasteiger partial charge < -0.3 is 4.43 Å². The minimum absolute atomic E-state index is 0.179. The molecular formula is C4H8O2Si. The standard InChI is InChI=1S/C4H8O2Si/c1-2-3-4(5)6-7/h2H,1,3H2,7H3. The second-order valence-corrected chi connectivity index (χ2v) is 1.48. The van der Waals surface area contributed by atoms with Gasteiger partial charge in [-0.25, -0.2) is 0 Å². The Hall–Kier alpha value is -0.573. The Morgan fingerprint density at radius 1 is 2.00 bits per heavy atom. The van der Waals surface area contributed by atoms with Crippen LogP contribution in [0.25, 0.3) is 0 Å². The van der Waals surface area contributed by atoms with Gasteiger partial charge in [0.2, 0.25) is 10.5 Å². The Labute approximate surface area is 45.7 Å². The highest BCUT2D eigenvalue weighted by Crippen LogP contribution is 1.80. The number of carbonyl (C=O) groups excluding carboxylic acids is 1. The minimum Gasteiger partial charge on any atom is -0.529 e. The molecule has 0 saturated carbocycles. The summed E-state index contributed by atoms with van der Waals surface area (Å²) in [5.74, 6) is -0.179. The van der Waals surface area contributed by atoms with Crippen LogP contribution < -0.4 is 0 Å². The Kier molecular flexibility index (Phi) is 3.32. The summed E-state index contributed by atoms with van der Waals surface area (Å²) in [6, 6.07) is 0. The smallest absolute Gasteiger partial charge is 0.295 e. The van der Waals surface area contributed by atoms with Crippen molar-refractivity contribution in [1.29, 1.82) is 0 Å². The maximum Gasteiger partial charge on any atom is 0.295 e. The van der Waals surface area contributed by atoms with Gasteiger partial charge in [-0.3, -0.25) is 4.79 Å². The third-order valence-electron chi connectivity index (χ3n) is 0.539. The number of rotatable bonds is 2. The highest BCUT2D eigenvalue weighted by molar-refractivity contribution is 6.05. The average molecular weight is 116 g/mol. The van der Waals surface area contributed by atoms with Gasteiger partial charge in [0.15, 0.2) is 0 Å².